The van der Waals surface area contributed by atoms with E-state index >= 15 is 0 Å². The number of hydrogen-bond acceptors (Lipinski definition) is 10. The van der Waals surface area contributed by atoms with Crippen LogP contribution >= 0.6 is 12.0 Å². The van der Waals surface area contributed by atoms with Gasteiger partial charge in [0, 0.05) is 30.6 Å². The van der Waals surface area contributed by atoms with Crippen molar-refractivity contribution in [2.75, 3.05) is 19.6 Å². The number of nitrogens with two attached hydrogens (primary N) is 1. The zero-order valence-electron chi connectivity index (χ0n) is 22.7. The second-order valence-corrected chi connectivity index (χ2v) is 11.9. The smallest absolute Gasteiger partial charge is 0.408 e. The number of ether oxygens (including phenoxy) is 1. The Bertz CT molecular complexity index is 1110. The summed E-state index contributed by atoms with van der Waals surface area (Å²) in [4.78, 5) is 50.0. The van der Waals surface area contributed by atoms with E-state index in [9.17, 15) is 19.6 Å². The molecule has 2 bridgehead atoms. The highest BCUT2D eigenvalue weighted by molar-refractivity contribution is 7.94. The summed E-state index contributed by atoms with van der Waals surface area (Å²) in [5, 5.41) is 12.2. The van der Waals surface area contributed by atoms with Gasteiger partial charge in [-0.1, -0.05) is 12.1 Å². The number of nitriles is 1. The fraction of sp³-hybridized carbons (Fsp3) is 0.615. The summed E-state index contributed by atoms with van der Waals surface area (Å²) in [6.07, 6.45) is 1.28. The summed E-state index contributed by atoms with van der Waals surface area (Å²) in [5.41, 5.74) is 0.249. The number of fused-ring (bicyclic) bond motifs is 2. The zero-order valence-corrected chi connectivity index (χ0v) is 23.5. The Morgan fingerprint density at radius 1 is 1.28 bits per heavy atom. The van der Waals surface area contributed by atoms with Gasteiger partial charge in [0.1, 0.15) is 17.7 Å². The molecule has 0 spiro atoms. The molecule has 3 saturated heterocycles. The van der Waals surface area contributed by atoms with Crippen molar-refractivity contribution in [1.82, 2.24) is 20.0 Å². The van der Waals surface area contributed by atoms with Crippen molar-refractivity contribution in [3.63, 3.8) is 0 Å². The van der Waals surface area contributed by atoms with Crippen LogP contribution in [0.4, 0.5) is 4.79 Å². The van der Waals surface area contributed by atoms with Gasteiger partial charge in [-0.15, -0.1) is 9.32 Å². The van der Waals surface area contributed by atoms with E-state index in [2.05, 4.69) is 20.7 Å². The van der Waals surface area contributed by atoms with Gasteiger partial charge in [0.2, 0.25) is 11.8 Å². The second-order valence-electron chi connectivity index (χ2n) is 11.1. The zero-order chi connectivity index (χ0) is 28.3. The number of alkyl carbamates (subject to hydrolysis) is 1. The number of nitrogens with zero attached hydrogens (tertiary/aromatic N) is 4. The van der Waals surface area contributed by atoms with E-state index in [1.807, 2.05) is 41.0 Å². The topological polar surface area (TPSA) is 150 Å². The van der Waals surface area contributed by atoms with Crippen molar-refractivity contribution >= 4 is 30.0 Å². The van der Waals surface area contributed by atoms with Crippen LogP contribution in [-0.4, -0.2) is 82.0 Å². The summed E-state index contributed by atoms with van der Waals surface area (Å²) in [5.74, 6) is 4.56. The predicted octanol–water partition coefficient (Wildman–Crippen LogP) is 2.27. The Balaban J connectivity index is 1.44. The molecule has 12 nitrogen and oxygen atoms in total. The summed E-state index contributed by atoms with van der Waals surface area (Å²) in [7, 11) is 0. The molecule has 0 aliphatic carbocycles. The largest absolute Gasteiger partial charge is 0.444 e. The lowest BCUT2D eigenvalue weighted by Gasteiger charge is -2.39. The lowest BCUT2D eigenvalue weighted by molar-refractivity contribution is -0.195. The molecule has 39 heavy (non-hydrogen) atoms. The molecule has 3 aliphatic heterocycles. The van der Waals surface area contributed by atoms with Crippen LogP contribution in [0, 0.1) is 11.3 Å². The van der Waals surface area contributed by atoms with Crippen molar-refractivity contribution in [3.05, 3.63) is 29.8 Å². The first-order chi connectivity index (χ1) is 18.5. The fourth-order valence-corrected chi connectivity index (χ4v) is 6.02. The Hall–Kier alpha value is -2.89. The number of hydrogen-bond donors (Lipinski definition) is 2. The van der Waals surface area contributed by atoms with Crippen LogP contribution in [0.15, 0.2) is 29.2 Å². The number of carbonyl (C=O) groups is 3. The molecule has 0 saturated carbocycles. The number of amides is 3. The van der Waals surface area contributed by atoms with Crippen molar-refractivity contribution in [3.8, 4) is 6.07 Å². The normalized spacial score (nSPS) is 24.5. The Morgan fingerprint density at radius 3 is 2.62 bits per heavy atom. The molecule has 3 fully saturated rings. The maximum atomic E-state index is 13.5. The van der Waals surface area contributed by atoms with Crippen LogP contribution in [0.25, 0.3) is 0 Å². The summed E-state index contributed by atoms with van der Waals surface area (Å²) in [6, 6.07) is 7.79. The van der Waals surface area contributed by atoms with Crippen LogP contribution in [-0.2, 0) is 23.6 Å². The number of carbonyl (C=O) groups excluding carboxylic acids is 3. The first-order valence-electron chi connectivity index (χ1n) is 13.1. The molecule has 0 unspecified atom stereocenters. The minimum atomic E-state index is -0.934. The molecular formula is C26H36N6O6S. The van der Waals surface area contributed by atoms with Crippen molar-refractivity contribution in [2.24, 2.45) is 5.90 Å². The highest BCUT2D eigenvalue weighted by Gasteiger charge is 2.52. The summed E-state index contributed by atoms with van der Waals surface area (Å²) in [6.45, 7) is 8.45. The van der Waals surface area contributed by atoms with E-state index in [1.54, 1.807) is 20.8 Å². The molecule has 3 heterocycles. The average Bonchev–Trinajstić information content (AvgIpc) is 3.60. The first kappa shape index (κ1) is 29.1. The third-order valence-electron chi connectivity index (χ3n) is 7.35. The standard InChI is InChI=1S/C26H36N6O6S/c1-16(17-7-9-20(10-8-17)39-38-37-28)32-19-12-22(24(32)34)30(14-19)15-21(29-25(35)36-26(2,3)4)23(33)31-11-5-6-18(31)13-27/h7-10,16,18-19,21-22H,5-6,11-12,14-15,28H2,1-4H3,(H,29,35)/t16-,18-,19+,21-,22+/m0/s1. The highest BCUT2D eigenvalue weighted by Crippen LogP contribution is 2.38. The minimum absolute atomic E-state index is 0.00314. The van der Waals surface area contributed by atoms with Crippen LogP contribution in [0.5, 0.6) is 0 Å². The maximum absolute atomic E-state index is 13.5. The molecule has 4 rings (SSSR count). The molecule has 0 aromatic heterocycles. The van der Waals surface area contributed by atoms with Gasteiger partial charge >= 0.3 is 6.09 Å². The molecule has 0 radical (unpaired) electrons. The van der Waals surface area contributed by atoms with Gasteiger partial charge < -0.3 is 19.9 Å². The van der Waals surface area contributed by atoms with E-state index in [4.69, 9.17) is 10.6 Å². The number of nitrogens with one attached hydrogen (secondary N) is 1. The summed E-state index contributed by atoms with van der Waals surface area (Å²) >= 11 is 0.989. The Kier molecular flexibility index (Phi) is 9.03. The molecule has 3 aliphatic rings. The van der Waals surface area contributed by atoms with Crippen LogP contribution < -0.4 is 11.2 Å². The third-order valence-corrected chi connectivity index (χ3v) is 7.97. The SMILES string of the molecule is C[C@@H](c1ccc(SOON)cc1)N1C(=O)[C@H]2C[C@@H]1CN2C[C@H](NC(=O)OC(C)(C)C)C(=O)N1CCC[C@H]1C#N. The molecule has 3 N–H and O–H groups in total. The van der Waals surface area contributed by atoms with Gasteiger partial charge in [-0.3, -0.25) is 14.5 Å². The predicted molar refractivity (Wildman–Crippen MR) is 141 cm³/mol. The minimum Gasteiger partial charge on any atom is -0.444 e. The Morgan fingerprint density at radius 2 is 2.00 bits per heavy atom. The van der Waals surface area contributed by atoms with Gasteiger partial charge in [0.15, 0.2) is 0 Å². The third kappa shape index (κ3) is 6.64. The van der Waals surface area contributed by atoms with E-state index in [-0.39, 0.29) is 36.5 Å². The number of likely N-dealkylation sites (tertiary alicyclic amines) is 3. The maximum Gasteiger partial charge on any atom is 0.408 e. The number of rotatable bonds is 9. The molecular weight excluding hydrogens is 524 g/mol. The average molecular weight is 561 g/mol. The van der Waals surface area contributed by atoms with Gasteiger partial charge in [-0.2, -0.15) is 11.2 Å². The molecule has 3 amide bonds. The second kappa shape index (κ2) is 12.1. The molecule has 1 aromatic rings. The molecule has 1 aromatic carbocycles. The number of benzene rings is 1. The van der Waals surface area contributed by atoms with Crippen LogP contribution in [0.2, 0.25) is 0 Å². The first-order valence-corrected chi connectivity index (χ1v) is 13.8. The quantitative estimate of drug-likeness (QED) is 0.261. The van der Waals surface area contributed by atoms with Gasteiger partial charge in [0.05, 0.1) is 30.2 Å². The highest BCUT2D eigenvalue weighted by atomic mass is 32.2. The van der Waals surface area contributed by atoms with Crippen molar-refractivity contribution in [2.45, 2.75) is 87.7 Å². The van der Waals surface area contributed by atoms with E-state index in [0.29, 0.717) is 25.9 Å². The monoisotopic (exact) mass is 560 g/mol. The van der Waals surface area contributed by atoms with Crippen LogP contribution in [0.1, 0.15) is 58.6 Å². The molecule has 212 valence electrons. The summed E-state index contributed by atoms with van der Waals surface area (Å²) < 4.78 is 10.1. The fourth-order valence-electron chi connectivity index (χ4n) is 5.65. The van der Waals surface area contributed by atoms with Gasteiger partial charge in [-0.25, -0.2) is 4.79 Å². The van der Waals surface area contributed by atoms with Crippen molar-refractivity contribution < 1.29 is 28.4 Å². The lowest BCUT2D eigenvalue weighted by atomic mass is 10.1. The van der Waals surface area contributed by atoms with Gasteiger partial charge in [0.25, 0.3) is 0 Å². The van der Waals surface area contributed by atoms with E-state index < -0.39 is 23.8 Å². The number of piperazine rings is 1. The molecule has 13 heteroatoms. The van der Waals surface area contributed by atoms with E-state index in [1.165, 1.54) is 4.90 Å². The van der Waals surface area contributed by atoms with Crippen molar-refractivity contribution in [1.29, 1.82) is 5.26 Å². The van der Waals surface area contributed by atoms with Crippen LogP contribution in [0.3, 0.4) is 0 Å². The Labute approximate surface area is 232 Å². The van der Waals surface area contributed by atoms with Gasteiger partial charge in [-0.05, 0) is 64.7 Å². The lowest BCUT2D eigenvalue weighted by Crippen LogP contribution is -2.59. The molecule has 5 atom stereocenters. The van der Waals surface area contributed by atoms with E-state index in [0.717, 1.165) is 28.9 Å².